The molecule has 3 heterocycles. The molecule has 2 aromatic heterocycles. The van der Waals surface area contributed by atoms with E-state index in [2.05, 4.69) is 44.3 Å². The fraction of sp³-hybridized carbons (Fsp3) is 0.318. The molecule has 1 aliphatic heterocycles. The van der Waals surface area contributed by atoms with Crippen molar-refractivity contribution >= 4 is 23.7 Å². The number of likely N-dealkylation sites (tertiary alicyclic amines) is 1. The Bertz CT molecular complexity index is 973. The largest absolute Gasteiger partial charge is 0.483 e. The van der Waals surface area contributed by atoms with E-state index in [-0.39, 0.29) is 12.4 Å². The molecule has 162 valence electrons. The number of benzene rings is 1. The van der Waals surface area contributed by atoms with Gasteiger partial charge in [-0.2, -0.15) is 0 Å². The van der Waals surface area contributed by atoms with Gasteiger partial charge in [0.25, 0.3) is 6.47 Å². The Morgan fingerprint density at radius 1 is 1.26 bits per heavy atom. The second-order valence-corrected chi connectivity index (χ2v) is 8.13. The van der Waals surface area contributed by atoms with Crippen molar-refractivity contribution in [2.45, 2.75) is 24.8 Å². The molecule has 1 aliphatic rings. The Hall–Kier alpha value is -3.17. The SMILES string of the molecule is CN1CCC(C(=O)NCc2csc(-c3cnccn3)n2)(c2ccccc2)CC1.O=CO. The molecule has 1 saturated heterocycles. The first-order valence-corrected chi connectivity index (χ1v) is 10.8. The lowest BCUT2D eigenvalue weighted by atomic mass is 9.72. The molecule has 8 nitrogen and oxygen atoms in total. The van der Waals surface area contributed by atoms with Crippen LogP contribution in [0.3, 0.4) is 0 Å². The molecule has 0 radical (unpaired) electrons. The molecule has 9 heteroatoms. The van der Waals surface area contributed by atoms with Gasteiger partial charge >= 0.3 is 0 Å². The van der Waals surface area contributed by atoms with Crippen LogP contribution in [0.5, 0.6) is 0 Å². The maximum atomic E-state index is 13.3. The Morgan fingerprint density at radius 3 is 2.61 bits per heavy atom. The number of carboxylic acid groups (broad SMARTS) is 1. The number of hydrogen-bond donors (Lipinski definition) is 2. The van der Waals surface area contributed by atoms with Gasteiger partial charge in [-0.1, -0.05) is 30.3 Å². The number of nitrogens with one attached hydrogen (secondary N) is 1. The van der Waals surface area contributed by atoms with Crippen molar-refractivity contribution in [1.29, 1.82) is 0 Å². The molecule has 0 unspecified atom stereocenters. The second-order valence-electron chi connectivity index (χ2n) is 7.27. The minimum Gasteiger partial charge on any atom is -0.483 e. The highest BCUT2D eigenvalue weighted by molar-refractivity contribution is 7.13. The molecule has 4 rings (SSSR count). The maximum Gasteiger partial charge on any atom is 0.290 e. The van der Waals surface area contributed by atoms with Gasteiger partial charge in [-0.3, -0.25) is 19.6 Å². The summed E-state index contributed by atoms with van der Waals surface area (Å²) in [4.78, 5) is 36.9. The van der Waals surface area contributed by atoms with E-state index in [9.17, 15) is 4.79 Å². The van der Waals surface area contributed by atoms with Crippen molar-refractivity contribution in [2.24, 2.45) is 0 Å². The lowest BCUT2D eigenvalue weighted by Crippen LogP contribution is -2.50. The zero-order valence-electron chi connectivity index (χ0n) is 17.3. The minimum absolute atomic E-state index is 0.0841. The Balaban J connectivity index is 0.000000858. The number of carbonyl (C=O) groups excluding carboxylic acids is 1. The van der Waals surface area contributed by atoms with E-state index in [0.717, 1.165) is 47.9 Å². The number of hydrogen-bond acceptors (Lipinski definition) is 7. The fourth-order valence-corrected chi connectivity index (χ4v) is 4.44. The van der Waals surface area contributed by atoms with Crippen molar-refractivity contribution in [1.82, 2.24) is 25.2 Å². The maximum absolute atomic E-state index is 13.3. The second kappa shape index (κ2) is 10.7. The van der Waals surface area contributed by atoms with Gasteiger partial charge in [-0.15, -0.1) is 11.3 Å². The first-order chi connectivity index (χ1) is 15.1. The highest BCUT2D eigenvalue weighted by Gasteiger charge is 2.42. The Morgan fingerprint density at radius 2 is 1.97 bits per heavy atom. The van der Waals surface area contributed by atoms with Gasteiger partial charge < -0.3 is 15.3 Å². The van der Waals surface area contributed by atoms with E-state index in [1.54, 1.807) is 18.6 Å². The van der Waals surface area contributed by atoms with Crippen LogP contribution in [-0.4, -0.2) is 57.5 Å². The zero-order chi connectivity index (χ0) is 22.1. The zero-order valence-corrected chi connectivity index (χ0v) is 18.1. The van der Waals surface area contributed by atoms with Gasteiger partial charge in [0.1, 0.15) is 10.7 Å². The van der Waals surface area contributed by atoms with Crippen LogP contribution >= 0.6 is 11.3 Å². The molecular formula is C22H25N5O3S. The third-order valence-electron chi connectivity index (χ3n) is 5.37. The van der Waals surface area contributed by atoms with Crippen molar-refractivity contribution < 1.29 is 14.7 Å². The first-order valence-electron chi connectivity index (χ1n) is 9.90. The lowest BCUT2D eigenvalue weighted by Gasteiger charge is -2.39. The highest BCUT2D eigenvalue weighted by Crippen LogP contribution is 2.35. The molecular weight excluding hydrogens is 414 g/mol. The summed E-state index contributed by atoms with van der Waals surface area (Å²) in [5.74, 6) is 0.0841. The van der Waals surface area contributed by atoms with Crippen LogP contribution in [0, 0.1) is 0 Å². The fourth-order valence-electron chi connectivity index (χ4n) is 3.66. The van der Waals surface area contributed by atoms with Crippen LogP contribution in [0.4, 0.5) is 0 Å². The number of amides is 1. The van der Waals surface area contributed by atoms with Crippen molar-refractivity contribution in [2.75, 3.05) is 20.1 Å². The summed E-state index contributed by atoms with van der Waals surface area (Å²) < 4.78 is 0. The summed E-state index contributed by atoms with van der Waals surface area (Å²) in [5.41, 5.74) is 2.22. The number of carbonyl (C=O) groups is 2. The van der Waals surface area contributed by atoms with Crippen LogP contribution in [0.2, 0.25) is 0 Å². The number of rotatable bonds is 5. The average molecular weight is 440 g/mol. The van der Waals surface area contributed by atoms with E-state index in [1.807, 2.05) is 23.6 Å². The van der Waals surface area contributed by atoms with Gasteiger partial charge in [0.05, 0.1) is 23.9 Å². The molecule has 0 atom stereocenters. The van der Waals surface area contributed by atoms with Crippen molar-refractivity contribution in [3.05, 3.63) is 65.6 Å². The van der Waals surface area contributed by atoms with E-state index in [1.165, 1.54) is 11.3 Å². The van der Waals surface area contributed by atoms with Gasteiger partial charge in [0.2, 0.25) is 5.91 Å². The van der Waals surface area contributed by atoms with Gasteiger partial charge in [-0.05, 0) is 38.5 Å². The molecule has 2 N–H and O–H groups in total. The average Bonchev–Trinajstić information content (AvgIpc) is 3.29. The summed E-state index contributed by atoms with van der Waals surface area (Å²) in [7, 11) is 2.11. The number of piperidine rings is 1. The molecule has 3 aromatic rings. The van der Waals surface area contributed by atoms with Crippen LogP contribution < -0.4 is 5.32 Å². The molecule has 1 amide bonds. The van der Waals surface area contributed by atoms with E-state index >= 15 is 0 Å². The molecule has 31 heavy (non-hydrogen) atoms. The Labute approximate surface area is 185 Å². The normalized spacial score (nSPS) is 15.4. The highest BCUT2D eigenvalue weighted by atomic mass is 32.1. The quantitative estimate of drug-likeness (QED) is 0.588. The third kappa shape index (κ3) is 5.50. The monoisotopic (exact) mass is 439 g/mol. The van der Waals surface area contributed by atoms with Gasteiger partial charge in [0.15, 0.2) is 0 Å². The molecule has 1 fully saturated rings. The molecule has 1 aromatic carbocycles. The topological polar surface area (TPSA) is 108 Å². The standard InChI is InChI=1S/C21H23N5OS.CH2O2/c1-26-11-7-21(8-12-26,16-5-3-2-4-6-16)20(27)24-13-17-15-28-19(25-17)18-14-22-9-10-23-18;2-1-3/h2-6,9-10,14-15H,7-8,11-13H2,1H3,(H,24,27);1H,(H,2,3). The summed E-state index contributed by atoms with van der Waals surface area (Å²) in [6.45, 7) is 1.99. The van der Waals surface area contributed by atoms with Crippen LogP contribution in [0.1, 0.15) is 24.1 Å². The van der Waals surface area contributed by atoms with E-state index in [4.69, 9.17) is 9.90 Å². The van der Waals surface area contributed by atoms with Crippen LogP contribution in [0.15, 0.2) is 54.3 Å². The summed E-state index contributed by atoms with van der Waals surface area (Å²) in [5, 5.41) is 12.8. The van der Waals surface area contributed by atoms with E-state index < -0.39 is 5.41 Å². The predicted molar refractivity (Wildman–Crippen MR) is 119 cm³/mol. The lowest BCUT2D eigenvalue weighted by molar-refractivity contribution is -0.128. The van der Waals surface area contributed by atoms with Crippen LogP contribution in [0.25, 0.3) is 10.7 Å². The first kappa shape index (κ1) is 22.5. The van der Waals surface area contributed by atoms with Crippen molar-refractivity contribution in [3.63, 3.8) is 0 Å². The summed E-state index contributed by atoms with van der Waals surface area (Å²) in [6.07, 6.45) is 6.64. The Kier molecular flexibility index (Phi) is 7.80. The summed E-state index contributed by atoms with van der Waals surface area (Å²) >= 11 is 1.51. The predicted octanol–water partition coefficient (Wildman–Crippen LogP) is 2.58. The van der Waals surface area contributed by atoms with Gasteiger partial charge in [0, 0.05) is 17.8 Å². The smallest absolute Gasteiger partial charge is 0.290 e. The molecule has 0 aliphatic carbocycles. The van der Waals surface area contributed by atoms with Crippen molar-refractivity contribution in [3.8, 4) is 10.7 Å². The third-order valence-corrected chi connectivity index (χ3v) is 6.28. The minimum atomic E-state index is -0.475. The molecule has 0 spiro atoms. The molecule has 0 bridgehead atoms. The number of aromatic nitrogens is 3. The number of thiazole rings is 1. The summed E-state index contributed by atoms with van der Waals surface area (Å²) in [6, 6.07) is 10.2. The molecule has 0 saturated carbocycles. The van der Waals surface area contributed by atoms with Crippen LogP contribution in [-0.2, 0) is 21.5 Å². The van der Waals surface area contributed by atoms with E-state index in [0.29, 0.717) is 6.54 Å². The number of nitrogens with zero attached hydrogens (tertiary/aromatic N) is 4. The van der Waals surface area contributed by atoms with Gasteiger partial charge in [-0.25, -0.2) is 4.98 Å².